The number of benzene rings is 2. The minimum absolute atomic E-state index is 0.0815. The zero-order valence-corrected chi connectivity index (χ0v) is 32.3. The SMILES string of the molecule is C#C[C@H](OCOC)[C@@H](C)/C=C/[C@H](C)C[C@H]1CCC[C@@H](C[C@H]2CC(O[Si](c3ccccc3)(c3ccccc3)C(C)(C)C)C[C@@H](CC(=O)OC)O2)O1. The average molecular weight is 705 g/mol. The maximum atomic E-state index is 12.5. The van der Waals surface area contributed by atoms with Crippen molar-refractivity contribution in [3.8, 4) is 12.3 Å². The molecule has 0 amide bonds. The zero-order chi connectivity index (χ0) is 36.1. The maximum absolute atomic E-state index is 12.5. The standard InChI is InChI=1S/C42H60O7Si/c1-9-40(46-30-44-7)32(3)24-23-31(2)25-33-17-16-18-34(47-33)26-35-27-37(28-36(48-35)29-41(43)45-8)49-50(42(4,5)6,38-19-12-10-13-20-38)39-21-14-11-15-22-39/h1,10-15,19-24,31-37,40H,16-18,25-30H2,2-8H3/b24-23+/t31-,32-,33+,34-,35-,36-,37?,40-/m0/s1. The second kappa shape index (κ2) is 19.2. The molecule has 8 atom stereocenters. The van der Waals surface area contributed by atoms with E-state index < -0.39 is 8.32 Å². The summed E-state index contributed by atoms with van der Waals surface area (Å²) in [4.78, 5) is 12.5. The Balaban J connectivity index is 1.49. The molecule has 2 aromatic carbocycles. The number of terminal acetylenes is 1. The van der Waals surface area contributed by atoms with Crippen LogP contribution in [0.4, 0.5) is 0 Å². The first-order valence-electron chi connectivity index (χ1n) is 18.4. The maximum Gasteiger partial charge on any atom is 0.308 e. The minimum Gasteiger partial charge on any atom is -0.469 e. The van der Waals surface area contributed by atoms with Gasteiger partial charge in [-0.05, 0) is 66.3 Å². The van der Waals surface area contributed by atoms with Crippen LogP contribution in [0.1, 0.15) is 86.0 Å². The number of hydrogen-bond donors (Lipinski definition) is 0. The van der Waals surface area contributed by atoms with Crippen LogP contribution in [-0.2, 0) is 32.9 Å². The van der Waals surface area contributed by atoms with Crippen molar-refractivity contribution >= 4 is 24.7 Å². The van der Waals surface area contributed by atoms with E-state index in [1.807, 2.05) is 0 Å². The molecule has 0 saturated carbocycles. The molecule has 2 heterocycles. The summed E-state index contributed by atoms with van der Waals surface area (Å²) in [6, 6.07) is 21.5. The largest absolute Gasteiger partial charge is 0.469 e. The van der Waals surface area contributed by atoms with Crippen molar-refractivity contribution in [2.24, 2.45) is 11.8 Å². The number of hydrogen-bond acceptors (Lipinski definition) is 7. The lowest BCUT2D eigenvalue weighted by molar-refractivity contribution is -0.154. The normalized spacial score (nSPS) is 25.0. The second-order valence-electron chi connectivity index (χ2n) is 15.2. The summed E-state index contributed by atoms with van der Waals surface area (Å²) in [7, 11) is 0.241. The van der Waals surface area contributed by atoms with Gasteiger partial charge in [-0.2, -0.15) is 0 Å². The quantitative estimate of drug-likeness (QED) is 0.0602. The Morgan fingerprint density at radius 3 is 2.10 bits per heavy atom. The summed E-state index contributed by atoms with van der Waals surface area (Å²) in [6.45, 7) is 11.4. The average Bonchev–Trinajstić information content (AvgIpc) is 3.10. The predicted octanol–water partition coefficient (Wildman–Crippen LogP) is 7.21. The van der Waals surface area contributed by atoms with E-state index in [0.717, 1.165) is 38.5 Å². The van der Waals surface area contributed by atoms with Crippen LogP contribution in [0.5, 0.6) is 0 Å². The lowest BCUT2D eigenvalue weighted by Crippen LogP contribution is -2.68. The van der Waals surface area contributed by atoms with Crippen molar-refractivity contribution in [1.29, 1.82) is 0 Å². The smallest absolute Gasteiger partial charge is 0.308 e. The number of carbonyl (C=O) groups is 1. The number of allylic oxidation sites excluding steroid dienone is 1. The van der Waals surface area contributed by atoms with E-state index in [-0.39, 0.29) is 66.8 Å². The lowest BCUT2D eigenvalue weighted by atomic mass is 9.91. The first kappa shape index (κ1) is 40.0. The molecule has 7 nitrogen and oxygen atoms in total. The fraction of sp³-hybridized carbons (Fsp3) is 0.595. The van der Waals surface area contributed by atoms with Gasteiger partial charge in [0.2, 0.25) is 0 Å². The molecule has 0 N–H and O–H groups in total. The molecular formula is C42H60O7Si. The summed E-state index contributed by atoms with van der Waals surface area (Å²) in [6.07, 6.45) is 16.0. The summed E-state index contributed by atoms with van der Waals surface area (Å²) in [5, 5.41) is 2.35. The van der Waals surface area contributed by atoms with Crippen LogP contribution >= 0.6 is 0 Å². The molecule has 2 fully saturated rings. The molecule has 2 aromatic rings. The van der Waals surface area contributed by atoms with Gasteiger partial charge >= 0.3 is 5.97 Å². The number of rotatable bonds is 16. The highest BCUT2D eigenvalue weighted by molar-refractivity contribution is 6.99. The molecule has 274 valence electrons. The van der Waals surface area contributed by atoms with Gasteiger partial charge in [0.05, 0.1) is 44.1 Å². The van der Waals surface area contributed by atoms with Gasteiger partial charge in [0.1, 0.15) is 12.9 Å². The van der Waals surface area contributed by atoms with Crippen LogP contribution in [0.2, 0.25) is 5.04 Å². The number of carbonyl (C=O) groups excluding carboxylic acids is 1. The van der Waals surface area contributed by atoms with Crippen molar-refractivity contribution in [2.45, 2.75) is 128 Å². The Bertz CT molecular complexity index is 1330. The van der Waals surface area contributed by atoms with E-state index in [1.54, 1.807) is 7.11 Å². The third-order valence-electron chi connectivity index (χ3n) is 10.2. The van der Waals surface area contributed by atoms with E-state index in [0.29, 0.717) is 12.3 Å². The first-order valence-corrected chi connectivity index (χ1v) is 20.3. The molecule has 0 bridgehead atoms. The topological polar surface area (TPSA) is 72.5 Å². The van der Waals surface area contributed by atoms with Crippen LogP contribution in [0, 0.1) is 24.2 Å². The third-order valence-corrected chi connectivity index (χ3v) is 15.3. The molecule has 4 rings (SSSR count). The molecule has 50 heavy (non-hydrogen) atoms. The molecule has 0 aromatic heterocycles. The fourth-order valence-electron chi connectivity index (χ4n) is 7.73. The van der Waals surface area contributed by atoms with E-state index in [9.17, 15) is 4.79 Å². The Morgan fingerprint density at radius 2 is 1.52 bits per heavy atom. The molecule has 1 unspecified atom stereocenters. The predicted molar refractivity (Wildman–Crippen MR) is 202 cm³/mol. The summed E-state index contributed by atoms with van der Waals surface area (Å²) in [5.74, 6) is 2.88. The minimum atomic E-state index is -2.79. The Hall–Kier alpha value is -2.77. The zero-order valence-electron chi connectivity index (χ0n) is 31.3. The van der Waals surface area contributed by atoms with Crippen LogP contribution in [0.15, 0.2) is 72.8 Å². The van der Waals surface area contributed by atoms with E-state index in [4.69, 9.17) is 34.5 Å². The number of methoxy groups -OCH3 is 2. The van der Waals surface area contributed by atoms with Gasteiger partial charge in [-0.25, -0.2) is 0 Å². The van der Waals surface area contributed by atoms with Crippen LogP contribution in [0.3, 0.4) is 0 Å². The highest BCUT2D eigenvalue weighted by atomic mass is 28.4. The van der Waals surface area contributed by atoms with Crippen molar-refractivity contribution < 1.29 is 32.9 Å². The van der Waals surface area contributed by atoms with Gasteiger partial charge in [-0.3, -0.25) is 4.79 Å². The van der Waals surface area contributed by atoms with E-state index in [1.165, 1.54) is 17.5 Å². The van der Waals surface area contributed by atoms with Crippen LogP contribution in [0.25, 0.3) is 0 Å². The van der Waals surface area contributed by atoms with E-state index in [2.05, 4.69) is 113 Å². The molecule has 0 spiro atoms. The van der Waals surface area contributed by atoms with Gasteiger partial charge in [0.15, 0.2) is 0 Å². The monoisotopic (exact) mass is 704 g/mol. The summed E-state index contributed by atoms with van der Waals surface area (Å²) in [5.41, 5.74) is 0. The number of esters is 1. The number of ether oxygens (including phenoxy) is 5. The van der Waals surface area contributed by atoms with Crippen molar-refractivity contribution in [3.05, 3.63) is 72.8 Å². The summed E-state index contributed by atoms with van der Waals surface area (Å²) >= 11 is 0. The lowest BCUT2D eigenvalue weighted by Gasteiger charge is -2.47. The molecule has 2 aliphatic rings. The van der Waals surface area contributed by atoms with Gasteiger partial charge in [-0.1, -0.05) is 113 Å². The Kier molecular flexibility index (Phi) is 15.3. The van der Waals surface area contributed by atoms with Crippen LogP contribution in [-0.4, -0.2) is 71.9 Å². The molecule has 0 radical (unpaired) electrons. The van der Waals surface area contributed by atoms with Crippen LogP contribution < -0.4 is 10.4 Å². The van der Waals surface area contributed by atoms with Crippen molar-refractivity contribution in [1.82, 2.24) is 0 Å². The van der Waals surface area contributed by atoms with Gasteiger partial charge in [0.25, 0.3) is 8.32 Å². The second-order valence-corrected chi connectivity index (χ2v) is 19.5. The van der Waals surface area contributed by atoms with E-state index >= 15 is 0 Å². The third kappa shape index (κ3) is 10.9. The Labute approximate surface area is 302 Å². The first-order chi connectivity index (χ1) is 24.0. The highest BCUT2D eigenvalue weighted by Crippen LogP contribution is 2.40. The molecule has 8 heteroatoms. The van der Waals surface area contributed by atoms with Gasteiger partial charge < -0.3 is 28.1 Å². The molecular weight excluding hydrogens is 645 g/mol. The highest BCUT2D eigenvalue weighted by Gasteiger charge is 2.52. The molecule has 2 aliphatic heterocycles. The molecule has 2 saturated heterocycles. The molecule has 0 aliphatic carbocycles. The fourth-order valence-corrected chi connectivity index (χ4v) is 12.4. The van der Waals surface area contributed by atoms with Crippen molar-refractivity contribution in [2.75, 3.05) is 21.0 Å². The van der Waals surface area contributed by atoms with Gasteiger partial charge in [-0.15, -0.1) is 6.42 Å². The summed E-state index contributed by atoms with van der Waals surface area (Å²) < 4.78 is 36.7. The Morgan fingerprint density at radius 1 is 0.920 bits per heavy atom. The van der Waals surface area contributed by atoms with Crippen molar-refractivity contribution in [3.63, 3.8) is 0 Å². The van der Waals surface area contributed by atoms with Gasteiger partial charge in [0, 0.05) is 13.0 Å².